The first-order chi connectivity index (χ1) is 14.6. The van der Waals surface area contributed by atoms with Gasteiger partial charge in [-0.1, -0.05) is 38.8 Å². The van der Waals surface area contributed by atoms with Gasteiger partial charge in [0.15, 0.2) is 0 Å². The highest BCUT2D eigenvalue weighted by Gasteiger charge is 2.22. The second-order valence-electron chi connectivity index (χ2n) is 7.23. The van der Waals surface area contributed by atoms with Gasteiger partial charge in [0.05, 0.1) is 12.1 Å². The van der Waals surface area contributed by atoms with Crippen LogP contribution in [0, 0.1) is 0 Å². The summed E-state index contributed by atoms with van der Waals surface area (Å²) in [7, 11) is 0. The SMILES string of the molecule is CCCCCn1c(=O)c(C(=O)Nc2ccc(OCCC)cc2)c(O)c2ccccc21. The number of aryl methyl sites for hydroxylation is 1. The number of hydrogen-bond acceptors (Lipinski definition) is 4. The first-order valence-corrected chi connectivity index (χ1v) is 10.5. The van der Waals surface area contributed by atoms with E-state index in [1.165, 1.54) is 0 Å². The summed E-state index contributed by atoms with van der Waals surface area (Å²) in [6, 6.07) is 14.0. The molecule has 0 saturated carbocycles. The summed E-state index contributed by atoms with van der Waals surface area (Å²) in [5.74, 6) is -0.209. The Balaban J connectivity index is 1.94. The largest absolute Gasteiger partial charge is 0.506 e. The van der Waals surface area contributed by atoms with Crippen LogP contribution in [0.2, 0.25) is 0 Å². The van der Waals surface area contributed by atoms with Crippen molar-refractivity contribution in [3.8, 4) is 11.5 Å². The standard InChI is InChI=1S/C24H28N2O4/c1-3-5-8-15-26-20-10-7-6-9-19(20)22(27)21(24(26)29)23(28)25-17-11-13-18(14-12-17)30-16-4-2/h6-7,9-14,27H,3-5,8,15-16H2,1-2H3,(H,25,28). The Bertz CT molecular complexity index is 1070. The van der Waals surface area contributed by atoms with Gasteiger partial charge in [0.25, 0.3) is 11.5 Å². The number of carbonyl (C=O) groups is 1. The van der Waals surface area contributed by atoms with Gasteiger partial charge in [0.2, 0.25) is 0 Å². The number of benzene rings is 2. The summed E-state index contributed by atoms with van der Waals surface area (Å²) >= 11 is 0. The Morgan fingerprint density at radius 3 is 2.47 bits per heavy atom. The van der Waals surface area contributed by atoms with Crippen LogP contribution in [0.25, 0.3) is 10.9 Å². The number of pyridine rings is 1. The van der Waals surface area contributed by atoms with Gasteiger partial charge in [-0.05, 0) is 49.2 Å². The number of para-hydroxylation sites is 1. The molecule has 0 aliphatic heterocycles. The van der Waals surface area contributed by atoms with Gasteiger partial charge >= 0.3 is 0 Å². The first kappa shape index (κ1) is 21.4. The van der Waals surface area contributed by atoms with E-state index in [0.717, 1.165) is 25.7 Å². The molecule has 0 atom stereocenters. The lowest BCUT2D eigenvalue weighted by Crippen LogP contribution is -2.30. The van der Waals surface area contributed by atoms with E-state index in [4.69, 9.17) is 4.74 Å². The summed E-state index contributed by atoms with van der Waals surface area (Å²) in [4.78, 5) is 26.0. The molecule has 6 heteroatoms. The minimum Gasteiger partial charge on any atom is -0.506 e. The number of nitrogens with zero attached hydrogens (tertiary/aromatic N) is 1. The number of ether oxygens (including phenoxy) is 1. The minimum atomic E-state index is -0.630. The van der Waals surface area contributed by atoms with E-state index in [0.29, 0.717) is 35.5 Å². The van der Waals surface area contributed by atoms with E-state index in [-0.39, 0.29) is 11.3 Å². The summed E-state index contributed by atoms with van der Waals surface area (Å²) in [6.07, 6.45) is 3.74. The molecule has 0 bridgehead atoms. The highest BCUT2D eigenvalue weighted by Crippen LogP contribution is 2.27. The van der Waals surface area contributed by atoms with Crippen molar-refractivity contribution in [2.45, 2.75) is 46.1 Å². The summed E-state index contributed by atoms with van der Waals surface area (Å²) in [6.45, 7) is 5.24. The van der Waals surface area contributed by atoms with E-state index in [1.807, 2.05) is 13.0 Å². The predicted molar refractivity (Wildman–Crippen MR) is 120 cm³/mol. The smallest absolute Gasteiger partial charge is 0.267 e. The lowest BCUT2D eigenvalue weighted by Gasteiger charge is -2.15. The van der Waals surface area contributed by atoms with E-state index >= 15 is 0 Å². The van der Waals surface area contributed by atoms with Crippen LogP contribution in [0.1, 0.15) is 49.9 Å². The molecule has 0 spiro atoms. The van der Waals surface area contributed by atoms with Crippen molar-refractivity contribution in [1.29, 1.82) is 0 Å². The molecular formula is C24H28N2O4. The summed E-state index contributed by atoms with van der Waals surface area (Å²) in [5.41, 5.74) is 0.428. The molecular weight excluding hydrogens is 380 g/mol. The molecule has 158 valence electrons. The van der Waals surface area contributed by atoms with Crippen LogP contribution in [-0.4, -0.2) is 22.2 Å². The molecule has 3 aromatic rings. The third-order valence-electron chi connectivity index (χ3n) is 4.94. The fourth-order valence-corrected chi connectivity index (χ4v) is 3.38. The summed E-state index contributed by atoms with van der Waals surface area (Å²) < 4.78 is 7.13. The zero-order chi connectivity index (χ0) is 21.5. The molecule has 30 heavy (non-hydrogen) atoms. The maximum atomic E-state index is 13.1. The predicted octanol–water partition coefficient (Wildman–Crippen LogP) is 4.94. The van der Waals surface area contributed by atoms with Crippen molar-refractivity contribution in [2.75, 3.05) is 11.9 Å². The maximum Gasteiger partial charge on any atom is 0.267 e. The fourth-order valence-electron chi connectivity index (χ4n) is 3.38. The number of rotatable bonds is 9. The third-order valence-corrected chi connectivity index (χ3v) is 4.94. The number of aromatic hydroxyl groups is 1. The number of anilines is 1. The Kier molecular flexibility index (Phi) is 7.12. The Morgan fingerprint density at radius 2 is 1.77 bits per heavy atom. The number of hydrogen-bond donors (Lipinski definition) is 2. The molecule has 0 aliphatic carbocycles. The van der Waals surface area contributed by atoms with E-state index in [9.17, 15) is 14.7 Å². The van der Waals surface area contributed by atoms with Gasteiger partial charge in [-0.3, -0.25) is 9.59 Å². The molecule has 1 aromatic heterocycles. The van der Waals surface area contributed by atoms with Crippen LogP contribution in [0.3, 0.4) is 0 Å². The lowest BCUT2D eigenvalue weighted by molar-refractivity contribution is 0.102. The van der Waals surface area contributed by atoms with E-state index < -0.39 is 11.5 Å². The van der Waals surface area contributed by atoms with Crippen LogP contribution in [-0.2, 0) is 6.54 Å². The van der Waals surface area contributed by atoms with Crippen LogP contribution < -0.4 is 15.6 Å². The zero-order valence-electron chi connectivity index (χ0n) is 17.5. The Morgan fingerprint density at radius 1 is 1.03 bits per heavy atom. The van der Waals surface area contributed by atoms with Gasteiger partial charge in [0, 0.05) is 17.6 Å². The van der Waals surface area contributed by atoms with E-state index in [2.05, 4.69) is 12.2 Å². The molecule has 0 aliphatic rings. The van der Waals surface area contributed by atoms with Crippen LogP contribution in [0.5, 0.6) is 11.5 Å². The number of unbranched alkanes of at least 4 members (excludes halogenated alkanes) is 2. The quantitative estimate of drug-likeness (QED) is 0.492. The van der Waals surface area contributed by atoms with Crippen molar-refractivity contribution in [1.82, 2.24) is 4.57 Å². The van der Waals surface area contributed by atoms with Crippen molar-refractivity contribution in [3.63, 3.8) is 0 Å². The second-order valence-corrected chi connectivity index (χ2v) is 7.23. The summed E-state index contributed by atoms with van der Waals surface area (Å²) in [5, 5.41) is 13.9. The number of nitrogens with one attached hydrogen (secondary N) is 1. The zero-order valence-corrected chi connectivity index (χ0v) is 17.5. The second kappa shape index (κ2) is 9.96. The molecule has 0 fully saturated rings. The van der Waals surface area contributed by atoms with Gasteiger partial charge in [-0.2, -0.15) is 0 Å². The molecule has 1 heterocycles. The average Bonchev–Trinajstić information content (AvgIpc) is 2.76. The molecule has 0 saturated heterocycles. The van der Waals surface area contributed by atoms with Gasteiger partial charge in [0.1, 0.15) is 17.1 Å². The van der Waals surface area contributed by atoms with Crippen LogP contribution in [0.15, 0.2) is 53.3 Å². The molecule has 0 radical (unpaired) electrons. The molecule has 0 unspecified atom stereocenters. The number of fused-ring (bicyclic) bond motifs is 1. The van der Waals surface area contributed by atoms with Gasteiger partial charge < -0.3 is 19.7 Å². The Labute approximate surface area is 176 Å². The van der Waals surface area contributed by atoms with Gasteiger partial charge in [-0.25, -0.2) is 0 Å². The Hall–Kier alpha value is -3.28. The maximum absolute atomic E-state index is 13.1. The third kappa shape index (κ3) is 4.64. The van der Waals surface area contributed by atoms with Crippen LogP contribution >= 0.6 is 0 Å². The van der Waals surface area contributed by atoms with Crippen molar-refractivity contribution >= 4 is 22.5 Å². The fraction of sp³-hybridized carbons (Fsp3) is 0.333. The van der Waals surface area contributed by atoms with Gasteiger partial charge in [-0.15, -0.1) is 0 Å². The van der Waals surface area contributed by atoms with E-state index in [1.54, 1.807) is 47.0 Å². The topological polar surface area (TPSA) is 80.6 Å². The molecule has 2 N–H and O–H groups in total. The number of amides is 1. The highest BCUT2D eigenvalue weighted by atomic mass is 16.5. The number of carbonyl (C=O) groups excluding carboxylic acids is 1. The average molecular weight is 408 g/mol. The molecule has 2 aromatic carbocycles. The highest BCUT2D eigenvalue weighted by molar-refractivity contribution is 6.09. The molecule has 1 amide bonds. The number of aromatic nitrogens is 1. The normalized spacial score (nSPS) is 10.9. The van der Waals surface area contributed by atoms with Crippen molar-refractivity contribution in [3.05, 3.63) is 64.4 Å². The molecule has 6 nitrogen and oxygen atoms in total. The molecule has 3 rings (SSSR count). The van der Waals surface area contributed by atoms with Crippen LogP contribution in [0.4, 0.5) is 5.69 Å². The monoisotopic (exact) mass is 408 g/mol. The van der Waals surface area contributed by atoms with Crippen molar-refractivity contribution in [2.24, 2.45) is 0 Å². The minimum absolute atomic E-state index is 0.239. The van der Waals surface area contributed by atoms with Crippen molar-refractivity contribution < 1.29 is 14.6 Å². The lowest BCUT2D eigenvalue weighted by atomic mass is 10.1. The first-order valence-electron chi connectivity index (χ1n) is 10.5.